The minimum atomic E-state index is -5.18. The number of benzene rings is 1. The number of hydrogen-bond donors (Lipinski definition) is 1. The normalized spacial score (nSPS) is 10.8. The van der Waals surface area contributed by atoms with Gasteiger partial charge in [-0.15, -0.1) is 0 Å². The summed E-state index contributed by atoms with van der Waals surface area (Å²) in [4.78, 5) is 21.5. The van der Waals surface area contributed by atoms with Gasteiger partial charge in [0.15, 0.2) is 0 Å². The second-order valence-corrected chi connectivity index (χ2v) is 3.00. The molecule has 0 spiro atoms. The molecule has 0 aromatic heterocycles. The maximum absolute atomic E-state index is 11.8. The summed E-state index contributed by atoms with van der Waals surface area (Å²) in [6.45, 7) is 0. The molecule has 1 aromatic rings. The van der Waals surface area contributed by atoms with Gasteiger partial charge in [-0.3, -0.25) is 0 Å². The van der Waals surface area contributed by atoms with Crippen molar-refractivity contribution >= 4 is 17.6 Å². The summed E-state index contributed by atoms with van der Waals surface area (Å²) in [5.41, 5.74) is 0.533. The van der Waals surface area contributed by atoms with Crippen molar-refractivity contribution in [1.29, 1.82) is 0 Å². The van der Waals surface area contributed by atoms with Crippen LogP contribution in [0, 0.1) is 0 Å². The molecule has 0 aliphatic heterocycles. The van der Waals surface area contributed by atoms with Crippen LogP contribution in [-0.2, 0) is 9.53 Å². The van der Waals surface area contributed by atoms with Crippen LogP contribution >= 0.6 is 0 Å². The zero-order valence-electron chi connectivity index (χ0n) is 8.67. The Kier molecular flexibility index (Phi) is 3.72. The molecule has 0 radical (unpaired) electrons. The summed E-state index contributed by atoms with van der Waals surface area (Å²) in [5.74, 6) is -3.87. The van der Waals surface area contributed by atoms with Crippen LogP contribution in [-0.4, -0.2) is 25.2 Å². The Morgan fingerprint density at radius 3 is 2.12 bits per heavy atom. The van der Waals surface area contributed by atoms with Crippen LogP contribution in [0.2, 0.25) is 0 Å². The SMILES string of the molecule is CNc1ccc(C(=O)OC(=O)C(F)(F)F)cc1. The summed E-state index contributed by atoms with van der Waals surface area (Å²) in [7, 11) is 1.64. The number of esters is 2. The van der Waals surface area contributed by atoms with Crippen LogP contribution in [0.1, 0.15) is 10.4 Å². The second kappa shape index (κ2) is 4.86. The van der Waals surface area contributed by atoms with E-state index in [1.165, 1.54) is 24.3 Å². The van der Waals surface area contributed by atoms with Gasteiger partial charge in [0.1, 0.15) is 0 Å². The average molecular weight is 247 g/mol. The first-order valence-corrected chi connectivity index (χ1v) is 4.45. The number of carbonyl (C=O) groups excluding carboxylic acids is 2. The average Bonchev–Trinajstić information content (AvgIpc) is 2.27. The molecule has 0 amide bonds. The Balaban J connectivity index is 2.73. The molecule has 0 heterocycles. The summed E-state index contributed by atoms with van der Waals surface area (Å²) < 4.78 is 39.1. The van der Waals surface area contributed by atoms with E-state index in [-0.39, 0.29) is 5.56 Å². The molecule has 92 valence electrons. The first kappa shape index (κ1) is 13.0. The number of rotatable bonds is 2. The highest BCUT2D eigenvalue weighted by molar-refractivity contribution is 5.98. The summed E-state index contributed by atoms with van der Waals surface area (Å²) in [6.07, 6.45) is -5.18. The third kappa shape index (κ3) is 3.47. The Morgan fingerprint density at radius 1 is 1.18 bits per heavy atom. The smallest absolute Gasteiger partial charge is 0.388 e. The molecular formula is C10H8F3NO3. The molecule has 1 aromatic carbocycles. The quantitative estimate of drug-likeness (QED) is 0.641. The van der Waals surface area contributed by atoms with Crippen molar-refractivity contribution in [1.82, 2.24) is 0 Å². The van der Waals surface area contributed by atoms with Gasteiger partial charge in [0, 0.05) is 12.7 Å². The summed E-state index contributed by atoms with van der Waals surface area (Å²) >= 11 is 0. The first-order valence-electron chi connectivity index (χ1n) is 4.45. The minimum absolute atomic E-state index is 0.137. The standard InChI is InChI=1S/C10H8F3NO3/c1-14-7-4-2-6(3-5-7)8(15)17-9(16)10(11,12)13/h2-5,14H,1H3. The lowest BCUT2D eigenvalue weighted by molar-refractivity contribution is -0.193. The van der Waals surface area contributed by atoms with Gasteiger partial charge >= 0.3 is 18.1 Å². The van der Waals surface area contributed by atoms with Crippen molar-refractivity contribution in [3.63, 3.8) is 0 Å². The van der Waals surface area contributed by atoms with Crippen LogP contribution in [0.25, 0.3) is 0 Å². The van der Waals surface area contributed by atoms with Crippen LogP contribution in [0.5, 0.6) is 0 Å². The summed E-state index contributed by atoms with van der Waals surface area (Å²) in [6, 6.07) is 5.43. The summed E-state index contributed by atoms with van der Waals surface area (Å²) in [5, 5.41) is 2.76. The number of hydrogen-bond acceptors (Lipinski definition) is 4. The van der Waals surface area contributed by atoms with Crippen LogP contribution in [0.4, 0.5) is 18.9 Å². The molecule has 0 saturated carbocycles. The highest BCUT2D eigenvalue weighted by Gasteiger charge is 2.42. The monoisotopic (exact) mass is 247 g/mol. The molecule has 0 atom stereocenters. The van der Waals surface area contributed by atoms with Crippen molar-refractivity contribution < 1.29 is 27.5 Å². The second-order valence-electron chi connectivity index (χ2n) is 3.00. The number of carbonyl (C=O) groups is 2. The third-order valence-corrected chi connectivity index (χ3v) is 1.83. The van der Waals surface area contributed by atoms with Gasteiger partial charge in [-0.2, -0.15) is 13.2 Å². The van der Waals surface area contributed by atoms with Gasteiger partial charge < -0.3 is 10.1 Å². The van der Waals surface area contributed by atoms with E-state index < -0.39 is 18.1 Å². The van der Waals surface area contributed by atoms with E-state index in [1.807, 2.05) is 0 Å². The molecule has 17 heavy (non-hydrogen) atoms. The molecule has 0 aliphatic rings. The molecule has 7 heteroatoms. The van der Waals surface area contributed by atoms with E-state index in [9.17, 15) is 22.8 Å². The molecular weight excluding hydrogens is 239 g/mol. The molecule has 1 N–H and O–H groups in total. The molecule has 1 rings (SSSR count). The molecule has 0 bridgehead atoms. The van der Waals surface area contributed by atoms with E-state index in [2.05, 4.69) is 10.1 Å². The zero-order chi connectivity index (χ0) is 13.1. The highest BCUT2D eigenvalue weighted by atomic mass is 19.4. The lowest BCUT2D eigenvalue weighted by Gasteiger charge is -2.06. The molecule has 0 aliphatic carbocycles. The Bertz CT molecular complexity index is 425. The Labute approximate surface area is 94.4 Å². The predicted octanol–water partition coefficient (Wildman–Crippen LogP) is 1.97. The maximum atomic E-state index is 11.8. The van der Waals surface area contributed by atoms with Gasteiger partial charge in [-0.1, -0.05) is 0 Å². The number of alkyl halides is 3. The number of halogens is 3. The van der Waals surface area contributed by atoms with Crippen molar-refractivity contribution in [3.8, 4) is 0 Å². The Hall–Kier alpha value is -2.05. The van der Waals surface area contributed by atoms with Crippen molar-refractivity contribution in [2.75, 3.05) is 12.4 Å². The van der Waals surface area contributed by atoms with Gasteiger partial charge in [0.2, 0.25) is 0 Å². The highest BCUT2D eigenvalue weighted by Crippen LogP contribution is 2.18. The topological polar surface area (TPSA) is 55.4 Å². The number of ether oxygens (including phenoxy) is 1. The van der Waals surface area contributed by atoms with Crippen molar-refractivity contribution in [3.05, 3.63) is 29.8 Å². The van der Waals surface area contributed by atoms with Crippen LogP contribution in [0.15, 0.2) is 24.3 Å². The minimum Gasteiger partial charge on any atom is -0.388 e. The van der Waals surface area contributed by atoms with Crippen molar-refractivity contribution in [2.24, 2.45) is 0 Å². The van der Waals surface area contributed by atoms with E-state index in [1.54, 1.807) is 7.05 Å². The lowest BCUT2D eigenvalue weighted by atomic mass is 10.2. The van der Waals surface area contributed by atoms with E-state index in [0.717, 1.165) is 0 Å². The van der Waals surface area contributed by atoms with Crippen LogP contribution in [0.3, 0.4) is 0 Å². The van der Waals surface area contributed by atoms with E-state index >= 15 is 0 Å². The maximum Gasteiger partial charge on any atom is 0.491 e. The van der Waals surface area contributed by atoms with Crippen molar-refractivity contribution in [2.45, 2.75) is 6.18 Å². The molecule has 0 saturated heterocycles. The van der Waals surface area contributed by atoms with E-state index in [4.69, 9.17) is 0 Å². The molecule has 0 fully saturated rings. The fourth-order valence-electron chi connectivity index (χ4n) is 0.974. The lowest BCUT2D eigenvalue weighted by Crippen LogP contribution is -2.28. The van der Waals surface area contributed by atoms with Gasteiger partial charge in [-0.05, 0) is 24.3 Å². The predicted molar refractivity (Wildman–Crippen MR) is 52.5 cm³/mol. The third-order valence-electron chi connectivity index (χ3n) is 1.83. The fraction of sp³-hybridized carbons (Fsp3) is 0.200. The van der Waals surface area contributed by atoms with E-state index in [0.29, 0.717) is 5.69 Å². The Morgan fingerprint density at radius 2 is 1.71 bits per heavy atom. The first-order chi connectivity index (χ1) is 7.84. The molecule has 4 nitrogen and oxygen atoms in total. The largest absolute Gasteiger partial charge is 0.491 e. The van der Waals surface area contributed by atoms with Crippen LogP contribution < -0.4 is 5.32 Å². The number of nitrogens with one attached hydrogen (secondary N) is 1. The number of anilines is 1. The van der Waals surface area contributed by atoms with Gasteiger partial charge in [-0.25, -0.2) is 9.59 Å². The zero-order valence-corrected chi connectivity index (χ0v) is 8.67. The molecule has 0 unspecified atom stereocenters. The van der Waals surface area contributed by atoms with Gasteiger partial charge in [0.05, 0.1) is 5.56 Å². The fourth-order valence-corrected chi connectivity index (χ4v) is 0.974. The van der Waals surface area contributed by atoms with Gasteiger partial charge in [0.25, 0.3) is 0 Å².